The molecule has 0 fully saturated rings. The fourth-order valence-electron chi connectivity index (χ4n) is 2.85. The highest BCUT2D eigenvalue weighted by Gasteiger charge is 2.10. The van der Waals surface area contributed by atoms with E-state index in [0.717, 1.165) is 35.3 Å². The highest BCUT2D eigenvalue weighted by Crippen LogP contribution is 2.15. The number of aryl methyl sites for hydroxylation is 3. The number of amides is 1. The summed E-state index contributed by atoms with van der Waals surface area (Å²) < 4.78 is 2.11. The molecule has 0 aliphatic rings. The van der Waals surface area contributed by atoms with Gasteiger partial charge in [0.25, 0.3) is 5.91 Å². The van der Waals surface area contributed by atoms with Gasteiger partial charge < -0.3 is 15.6 Å². The van der Waals surface area contributed by atoms with Gasteiger partial charge in [-0.05, 0) is 43.2 Å². The number of halogens is 2. The summed E-state index contributed by atoms with van der Waals surface area (Å²) in [6.07, 6.45) is 1.66. The zero-order valence-corrected chi connectivity index (χ0v) is 16.5. The standard InChI is InChI=1S/C19H22N4O.2ClH/c1-13-9-10-14(20)12-15(13)19(24)21-11-5-8-18-22-16-6-3-4-7-17(16)23(18)2;;/h3-4,6-7,9-10,12H,5,8,11,20H2,1-2H3,(H,21,24);2*1H. The van der Waals surface area contributed by atoms with Crippen molar-refractivity contribution >= 4 is 47.4 Å². The Labute approximate surface area is 165 Å². The molecule has 3 N–H and O–H groups in total. The van der Waals surface area contributed by atoms with E-state index in [2.05, 4.69) is 20.9 Å². The molecule has 1 amide bonds. The predicted molar refractivity (Wildman–Crippen MR) is 111 cm³/mol. The van der Waals surface area contributed by atoms with Crippen LogP contribution in [0.3, 0.4) is 0 Å². The Balaban J connectivity index is 0.00000169. The van der Waals surface area contributed by atoms with E-state index in [9.17, 15) is 4.79 Å². The van der Waals surface area contributed by atoms with Crippen LogP contribution in [0.2, 0.25) is 0 Å². The Morgan fingerprint density at radius 2 is 1.92 bits per heavy atom. The van der Waals surface area contributed by atoms with E-state index in [1.165, 1.54) is 0 Å². The third kappa shape index (κ3) is 4.68. The van der Waals surface area contributed by atoms with Crippen molar-refractivity contribution < 1.29 is 4.79 Å². The van der Waals surface area contributed by atoms with Crippen molar-refractivity contribution in [2.75, 3.05) is 12.3 Å². The summed E-state index contributed by atoms with van der Waals surface area (Å²) in [6.45, 7) is 2.52. The lowest BCUT2D eigenvalue weighted by molar-refractivity contribution is 0.0952. The number of nitrogen functional groups attached to an aromatic ring is 1. The van der Waals surface area contributed by atoms with Crippen LogP contribution >= 0.6 is 24.8 Å². The number of benzene rings is 2. The predicted octanol–water partition coefficient (Wildman–Crippen LogP) is 3.67. The molecule has 3 aromatic rings. The second kappa shape index (κ2) is 9.46. The topological polar surface area (TPSA) is 72.9 Å². The summed E-state index contributed by atoms with van der Waals surface area (Å²) >= 11 is 0. The lowest BCUT2D eigenvalue weighted by Gasteiger charge is -2.08. The Hall–Kier alpha value is -2.24. The first-order valence-corrected chi connectivity index (χ1v) is 8.11. The summed E-state index contributed by atoms with van der Waals surface area (Å²) in [4.78, 5) is 16.9. The van der Waals surface area contributed by atoms with Crippen molar-refractivity contribution in [1.29, 1.82) is 0 Å². The summed E-state index contributed by atoms with van der Waals surface area (Å²) in [5.41, 5.74) is 10.1. The number of imidazole rings is 1. The van der Waals surface area contributed by atoms with E-state index in [1.807, 2.05) is 38.2 Å². The number of anilines is 1. The second-order valence-corrected chi connectivity index (χ2v) is 6.01. The SMILES string of the molecule is Cc1ccc(N)cc1C(=O)NCCCc1nc2ccccc2n1C.Cl.Cl. The van der Waals surface area contributed by atoms with Crippen molar-refractivity contribution in [2.24, 2.45) is 7.05 Å². The van der Waals surface area contributed by atoms with Crippen LogP contribution in [0.4, 0.5) is 5.69 Å². The molecule has 140 valence electrons. The molecule has 0 atom stereocenters. The molecule has 0 aliphatic heterocycles. The summed E-state index contributed by atoms with van der Waals surface area (Å²) in [6, 6.07) is 13.5. The number of para-hydroxylation sites is 2. The minimum Gasteiger partial charge on any atom is -0.399 e. The van der Waals surface area contributed by atoms with Gasteiger partial charge >= 0.3 is 0 Å². The fourth-order valence-corrected chi connectivity index (χ4v) is 2.85. The normalized spacial score (nSPS) is 10.1. The molecule has 3 rings (SSSR count). The Morgan fingerprint density at radius 1 is 1.19 bits per heavy atom. The van der Waals surface area contributed by atoms with Crippen molar-refractivity contribution in [3.05, 3.63) is 59.4 Å². The molecular weight excluding hydrogens is 371 g/mol. The number of carbonyl (C=O) groups excluding carboxylic acids is 1. The molecule has 5 nitrogen and oxygen atoms in total. The highest BCUT2D eigenvalue weighted by atomic mass is 35.5. The molecule has 2 aromatic carbocycles. The van der Waals surface area contributed by atoms with Gasteiger partial charge in [0.1, 0.15) is 5.82 Å². The average molecular weight is 395 g/mol. The maximum absolute atomic E-state index is 12.2. The van der Waals surface area contributed by atoms with Crippen LogP contribution in [0.5, 0.6) is 0 Å². The summed E-state index contributed by atoms with van der Waals surface area (Å²) in [7, 11) is 2.03. The van der Waals surface area contributed by atoms with E-state index in [4.69, 9.17) is 5.73 Å². The lowest BCUT2D eigenvalue weighted by atomic mass is 10.1. The molecular formula is C19H24Cl2N4O. The number of hydrogen-bond donors (Lipinski definition) is 2. The molecule has 1 aromatic heterocycles. The molecule has 0 aliphatic carbocycles. The molecule has 0 spiro atoms. The third-order valence-electron chi connectivity index (χ3n) is 4.25. The number of rotatable bonds is 5. The minimum absolute atomic E-state index is 0. The van der Waals surface area contributed by atoms with E-state index in [-0.39, 0.29) is 30.7 Å². The molecule has 0 saturated heterocycles. The molecule has 0 radical (unpaired) electrons. The quantitative estimate of drug-likeness (QED) is 0.512. The lowest BCUT2D eigenvalue weighted by Crippen LogP contribution is -2.25. The first kappa shape index (κ1) is 21.8. The Morgan fingerprint density at radius 3 is 2.65 bits per heavy atom. The van der Waals surface area contributed by atoms with Gasteiger partial charge in [-0.2, -0.15) is 0 Å². The van der Waals surface area contributed by atoms with Gasteiger partial charge in [0.2, 0.25) is 0 Å². The van der Waals surface area contributed by atoms with Gasteiger partial charge in [-0.1, -0.05) is 18.2 Å². The number of nitrogens with two attached hydrogens (primary N) is 1. The second-order valence-electron chi connectivity index (χ2n) is 6.01. The number of fused-ring (bicyclic) bond motifs is 1. The minimum atomic E-state index is -0.0789. The van der Waals surface area contributed by atoms with Crippen LogP contribution in [0, 0.1) is 6.92 Å². The zero-order valence-electron chi connectivity index (χ0n) is 14.9. The largest absolute Gasteiger partial charge is 0.399 e. The third-order valence-corrected chi connectivity index (χ3v) is 4.25. The molecule has 1 heterocycles. The zero-order chi connectivity index (χ0) is 17.1. The summed E-state index contributed by atoms with van der Waals surface area (Å²) in [5, 5.41) is 2.96. The van der Waals surface area contributed by atoms with Crippen molar-refractivity contribution in [3.8, 4) is 0 Å². The Bertz CT molecular complexity index is 892. The molecule has 0 unspecified atom stereocenters. The smallest absolute Gasteiger partial charge is 0.251 e. The van der Waals surface area contributed by atoms with Crippen LogP contribution in [0.25, 0.3) is 11.0 Å². The van der Waals surface area contributed by atoms with Crippen molar-refractivity contribution in [3.63, 3.8) is 0 Å². The van der Waals surface area contributed by atoms with Crippen LogP contribution in [-0.4, -0.2) is 22.0 Å². The van der Waals surface area contributed by atoms with E-state index in [0.29, 0.717) is 17.8 Å². The number of hydrogen-bond acceptors (Lipinski definition) is 3. The molecule has 7 heteroatoms. The monoisotopic (exact) mass is 394 g/mol. The number of carbonyl (C=O) groups is 1. The molecule has 0 saturated carbocycles. The maximum atomic E-state index is 12.2. The van der Waals surface area contributed by atoms with Crippen molar-refractivity contribution in [2.45, 2.75) is 19.8 Å². The van der Waals surface area contributed by atoms with Gasteiger partial charge in [-0.15, -0.1) is 24.8 Å². The van der Waals surface area contributed by atoms with E-state index < -0.39 is 0 Å². The first-order chi connectivity index (χ1) is 11.6. The van der Waals surface area contributed by atoms with Crippen LogP contribution in [0.1, 0.15) is 28.2 Å². The van der Waals surface area contributed by atoms with Crippen molar-refractivity contribution in [1.82, 2.24) is 14.9 Å². The molecule has 26 heavy (non-hydrogen) atoms. The number of nitrogens with zero attached hydrogens (tertiary/aromatic N) is 2. The summed E-state index contributed by atoms with van der Waals surface area (Å²) in [5.74, 6) is 0.954. The molecule has 0 bridgehead atoms. The first-order valence-electron chi connectivity index (χ1n) is 8.11. The van der Waals surface area contributed by atoms with Crippen LogP contribution < -0.4 is 11.1 Å². The van der Waals surface area contributed by atoms with Gasteiger partial charge in [0.05, 0.1) is 11.0 Å². The average Bonchev–Trinajstić information content (AvgIpc) is 2.90. The van der Waals surface area contributed by atoms with E-state index in [1.54, 1.807) is 12.1 Å². The maximum Gasteiger partial charge on any atom is 0.251 e. The van der Waals surface area contributed by atoms with Crippen LogP contribution in [0.15, 0.2) is 42.5 Å². The highest BCUT2D eigenvalue weighted by molar-refractivity contribution is 5.96. The Kier molecular flexibility index (Phi) is 7.93. The fraction of sp³-hybridized carbons (Fsp3) is 0.263. The number of nitrogens with one attached hydrogen (secondary N) is 1. The van der Waals surface area contributed by atoms with Gasteiger partial charge in [-0.3, -0.25) is 4.79 Å². The van der Waals surface area contributed by atoms with Gasteiger partial charge in [-0.25, -0.2) is 4.98 Å². The van der Waals surface area contributed by atoms with Gasteiger partial charge in [0, 0.05) is 31.3 Å². The van der Waals surface area contributed by atoms with E-state index >= 15 is 0 Å². The van der Waals surface area contributed by atoms with Gasteiger partial charge in [0.15, 0.2) is 0 Å². The van der Waals surface area contributed by atoms with Crippen LogP contribution in [-0.2, 0) is 13.5 Å². The number of aromatic nitrogens is 2.